The molecule has 2 rings (SSSR count). The minimum absolute atomic E-state index is 0.560. The van der Waals surface area contributed by atoms with Gasteiger partial charge in [0.1, 0.15) is 11.7 Å². The van der Waals surface area contributed by atoms with Crippen molar-refractivity contribution < 1.29 is 0 Å². The van der Waals surface area contributed by atoms with Gasteiger partial charge >= 0.3 is 0 Å². The van der Waals surface area contributed by atoms with Gasteiger partial charge in [0.2, 0.25) is 5.96 Å². The molecule has 0 unspecified atom stereocenters. The van der Waals surface area contributed by atoms with Gasteiger partial charge in [0.25, 0.3) is 0 Å². The zero-order valence-corrected chi connectivity index (χ0v) is 20.4. The second-order valence-corrected chi connectivity index (χ2v) is 8.95. The number of aliphatic imine (C=N–C) groups is 3. The zero-order valence-electron chi connectivity index (χ0n) is 18.8. The lowest BCUT2D eigenvalue weighted by molar-refractivity contribution is 0.607. The number of thiophene rings is 1. The molecule has 8 heteroatoms. The lowest BCUT2D eigenvalue weighted by Gasteiger charge is -2.07. The molecular weight excluding hydrogens is 428 g/mol. The van der Waals surface area contributed by atoms with Gasteiger partial charge in [0.05, 0.1) is 6.54 Å². The monoisotopic (exact) mass is 460 g/mol. The normalized spacial score (nSPS) is 16.5. The van der Waals surface area contributed by atoms with Gasteiger partial charge in [-0.3, -0.25) is 0 Å². The molecule has 1 aromatic heterocycles. The summed E-state index contributed by atoms with van der Waals surface area (Å²) in [6.07, 6.45) is 8.10. The molecule has 1 aliphatic rings. The van der Waals surface area contributed by atoms with Crippen molar-refractivity contribution in [2.75, 3.05) is 13.1 Å². The Bertz CT molecular complexity index is 890. The molecule has 1 saturated carbocycles. The third-order valence-corrected chi connectivity index (χ3v) is 5.90. The Hall–Kier alpha value is -2.22. The van der Waals surface area contributed by atoms with Crippen molar-refractivity contribution in [2.45, 2.75) is 47.1 Å². The van der Waals surface area contributed by atoms with Crippen molar-refractivity contribution in [3.8, 4) is 0 Å². The standard InChI is InChI=1S/C23H33ClN6S/c1-6-20(24)11-8-16(3)22-13-12-21(31-22)15-26-23(25-7-2)29-17(4)28-18(5)30-27-14-19-9-10-19/h6,8,11-13,19,27H,1,7,9-10,14-15H2,2-5H3,(H2,25,26,28,29,30)/b16-8+,20-11+. The van der Waals surface area contributed by atoms with Crippen LogP contribution in [0, 0.1) is 5.92 Å². The van der Waals surface area contributed by atoms with Gasteiger partial charge in [-0.15, -0.1) is 11.3 Å². The summed E-state index contributed by atoms with van der Waals surface area (Å²) in [6.45, 7) is 13.8. The lowest BCUT2D eigenvalue weighted by atomic mass is 10.2. The van der Waals surface area contributed by atoms with Crippen molar-refractivity contribution in [2.24, 2.45) is 20.9 Å². The van der Waals surface area contributed by atoms with Crippen LogP contribution >= 0.6 is 22.9 Å². The van der Waals surface area contributed by atoms with Crippen LogP contribution in [0.2, 0.25) is 0 Å². The number of nitrogens with zero attached hydrogens (tertiary/aromatic N) is 3. The van der Waals surface area contributed by atoms with Crippen LogP contribution in [0.3, 0.4) is 0 Å². The number of hydrazine groups is 1. The van der Waals surface area contributed by atoms with Gasteiger partial charge < -0.3 is 10.7 Å². The van der Waals surface area contributed by atoms with Crippen LogP contribution in [0.15, 0.2) is 56.9 Å². The first-order chi connectivity index (χ1) is 14.9. The maximum absolute atomic E-state index is 5.98. The molecule has 1 aliphatic carbocycles. The van der Waals surface area contributed by atoms with Gasteiger partial charge in [-0.2, -0.15) is 4.99 Å². The van der Waals surface area contributed by atoms with E-state index in [1.54, 1.807) is 17.4 Å². The van der Waals surface area contributed by atoms with Gasteiger partial charge in [0.15, 0.2) is 0 Å². The quantitative estimate of drug-likeness (QED) is 0.203. The second kappa shape index (κ2) is 13.2. The Labute approximate surface area is 195 Å². The molecule has 1 heterocycles. The molecule has 0 radical (unpaired) electrons. The molecule has 0 bridgehead atoms. The first-order valence-electron chi connectivity index (χ1n) is 10.5. The van der Waals surface area contributed by atoms with Crippen molar-refractivity contribution in [3.63, 3.8) is 0 Å². The summed E-state index contributed by atoms with van der Waals surface area (Å²) < 4.78 is 0. The number of rotatable bonds is 9. The van der Waals surface area contributed by atoms with E-state index in [0.717, 1.165) is 35.3 Å². The summed E-state index contributed by atoms with van der Waals surface area (Å²) in [5.74, 6) is 2.83. The predicted octanol–water partition coefficient (Wildman–Crippen LogP) is 5.27. The molecule has 6 nitrogen and oxygen atoms in total. The van der Waals surface area contributed by atoms with E-state index in [9.17, 15) is 0 Å². The largest absolute Gasteiger partial charge is 0.355 e. The number of amidine groups is 2. The fraction of sp³-hybridized carbons (Fsp3) is 0.435. The van der Waals surface area contributed by atoms with E-state index in [-0.39, 0.29) is 0 Å². The summed E-state index contributed by atoms with van der Waals surface area (Å²) in [6, 6.07) is 4.20. The van der Waals surface area contributed by atoms with Gasteiger partial charge in [-0.25, -0.2) is 15.4 Å². The zero-order chi connectivity index (χ0) is 22.6. The maximum Gasteiger partial charge on any atom is 0.220 e. The topological polar surface area (TPSA) is 73.2 Å². The van der Waals surface area contributed by atoms with Gasteiger partial charge in [-0.1, -0.05) is 30.3 Å². The Morgan fingerprint density at radius 3 is 2.68 bits per heavy atom. The smallest absolute Gasteiger partial charge is 0.220 e. The van der Waals surface area contributed by atoms with Crippen molar-refractivity contribution in [1.29, 1.82) is 0 Å². The highest BCUT2D eigenvalue weighted by molar-refractivity contribution is 7.13. The molecule has 168 valence electrons. The van der Waals surface area contributed by atoms with Crippen LogP contribution in [0.5, 0.6) is 0 Å². The molecule has 3 N–H and O–H groups in total. The van der Waals surface area contributed by atoms with Crippen LogP contribution in [-0.4, -0.2) is 30.7 Å². The number of guanidine groups is 1. The molecule has 0 spiro atoms. The molecule has 0 saturated heterocycles. The second-order valence-electron chi connectivity index (χ2n) is 7.35. The summed E-state index contributed by atoms with van der Waals surface area (Å²) >= 11 is 7.69. The fourth-order valence-corrected chi connectivity index (χ4v) is 3.54. The molecule has 1 fully saturated rings. The third kappa shape index (κ3) is 10.1. The Morgan fingerprint density at radius 1 is 1.23 bits per heavy atom. The molecule has 31 heavy (non-hydrogen) atoms. The van der Waals surface area contributed by atoms with E-state index in [1.807, 2.05) is 32.9 Å². The summed E-state index contributed by atoms with van der Waals surface area (Å²) in [5.41, 5.74) is 7.47. The summed E-state index contributed by atoms with van der Waals surface area (Å²) in [7, 11) is 0. The van der Waals surface area contributed by atoms with Gasteiger partial charge in [0, 0.05) is 27.9 Å². The minimum atomic E-state index is 0.560. The number of nitrogens with one attached hydrogen (secondary N) is 3. The van der Waals surface area contributed by atoms with Crippen molar-refractivity contribution in [3.05, 3.63) is 51.7 Å². The van der Waals surface area contributed by atoms with Crippen LogP contribution in [0.4, 0.5) is 0 Å². The highest BCUT2D eigenvalue weighted by Gasteiger charge is 2.20. The third-order valence-electron chi connectivity index (χ3n) is 4.41. The first-order valence-corrected chi connectivity index (χ1v) is 11.7. The minimum Gasteiger partial charge on any atom is -0.355 e. The summed E-state index contributed by atoms with van der Waals surface area (Å²) in [5, 5.41) is 3.83. The van der Waals surface area contributed by atoms with Crippen LogP contribution in [0.1, 0.15) is 50.3 Å². The molecular formula is C23H33ClN6S. The van der Waals surface area contributed by atoms with E-state index in [0.29, 0.717) is 23.4 Å². The Morgan fingerprint density at radius 2 is 2.00 bits per heavy atom. The average Bonchev–Trinajstić information content (AvgIpc) is 3.44. The molecule has 0 amide bonds. The molecule has 0 aromatic carbocycles. The van der Waals surface area contributed by atoms with Crippen molar-refractivity contribution >= 4 is 46.1 Å². The lowest BCUT2D eigenvalue weighted by Crippen LogP contribution is -2.37. The molecule has 0 atom stereocenters. The Kier molecular flexibility index (Phi) is 10.7. The van der Waals surface area contributed by atoms with Crippen LogP contribution < -0.4 is 16.2 Å². The maximum atomic E-state index is 5.98. The first kappa shape index (κ1) is 25.0. The molecule has 0 aliphatic heterocycles. The Balaban J connectivity index is 1.99. The van der Waals surface area contributed by atoms with Crippen LogP contribution in [0.25, 0.3) is 5.57 Å². The van der Waals surface area contributed by atoms with E-state index in [1.165, 1.54) is 17.7 Å². The van der Waals surface area contributed by atoms with E-state index >= 15 is 0 Å². The van der Waals surface area contributed by atoms with Gasteiger partial charge in [-0.05, 0) is 70.2 Å². The van der Waals surface area contributed by atoms with E-state index in [2.05, 4.69) is 56.8 Å². The number of hydrogen-bond donors (Lipinski definition) is 3. The fourth-order valence-electron chi connectivity index (χ4n) is 2.57. The van der Waals surface area contributed by atoms with Crippen molar-refractivity contribution in [1.82, 2.24) is 16.2 Å². The van der Waals surface area contributed by atoms with Crippen LogP contribution in [-0.2, 0) is 6.54 Å². The number of halogens is 1. The predicted molar refractivity (Wildman–Crippen MR) is 137 cm³/mol. The highest BCUT2D eigenvalue weighted by Crippen LogP contribution is 2.27. The molecule has 1 aromatic rings. The summed E-state index contributed by atoms with van der Waals surface area (Å²) in [4.78, 5) is 16.0. The number of hydrogen-bond acceptors (Lipinski definition) is 3. The average molecular weight is 461 g/mol. The highest BCUT2D eigenvalue weighted by atomic mass is 35.5. The number of allylic oxidation sites excluding steroid dienone is 5. The SMILES string of the molecule is C=C/C(Cl)=C\C=C(/C)c1ccc(CN=C(/N=C(\C)N=C(C)NNCC2CC2)NCC)s1. The van der Waals surface area contributed by atoms with E-state index in [4.69, 9.17) is 11.6 Å². The van der Waals surface area contributed by atoms with E-state index < -0.39 is 0 Å².